The number of aliphatic carboxylic acids is 1. The van der Waals surface area contributed by atoms with Gasteiger partial charge in [-0.3, -0.25) is 19.4 Å². The van der Waals surface area contributed by atoms with Gasteiger partial charge in [-0.2, -0.15) is 0 Å². The van der Waals surface area contributed by atoms with Crippen molar-refractivity contribution < 1.29 is 29.4 Å². The summed E-state index contributed by atoms with van der Waals surface area (Å²) in [5.41, 5.74) is 18.9. The van der Waals surface area contributed by atoms with E-state index in [0.717, 1.165) is 16.5 Å². The topological polar surface area (TPSA) is 280 Å². The molecule has 5 unspecified atom stereocenters. The maximum Gasteiger partial charge on any atom is 0.326 e. The normalized spacial score (nSPS) is 14.6. The highest BCUT2D eigenvalue weighted by Gasteiger charge is 2.33. The Bertz CT molecular complexity index is 1420. The minimum atomic E-state index is -1.46. The van der Waals surface area contributed by atoms with E-state index in [2.05, 4.69) is 35.9 Å². The number of nitrogens with two attached hydrogens (primary N) is 3. The van der Waals surface area contributed by atoms with Crippen molar-refractivity contribution in [2.45, 2.75) is 62.9 Å². The molecule has 0 spiro atoms. The van der Waals surface area contributed by atoms with Gasteiger partial charge in [-0.1, -0.05) is 18.2 Å². The van der Waals surface area contributed by atoms with Gasteiger partial charge in [0.25, 0.3) is 0 Å². The summed E-state index contributed by atoms with van der Waals surface area (Å²) in [6.07, 6.45) is 3.57. The highest BCUT2D eigenvalue weighted by Crippen LogP contribution is 2.19. The number of guanidine groups is 1. The molecule has 0 aliphatic rings. The molecule has 3 aromatic rings. The average molecular weight is 599 g/mol. The van der Waals surface area contributed by atoms with Crippen LogP contribution < -0.4 is 33.2 Å². The molecule has 0 saturated heterocycles. The molecule has 43 heavy (non-hydrogen) atoms. The number of amides is 3. The minimum absolute atomic E-state index is 0.0171. The second kappa shape index (κ2) is 15.3. The number of benzene rings is 1. The first kappa shape index (κ1) is 32.6. The number of para-hydroxylation sites is 1. The molecular weight excluding hydrogens is 560 g/mol. The summed E-state index contributed by atoms with van der Waals surface area (Å²) in [6.45, 7) is 1.46. The molecule has 1 aromatic carbocycles. The third-order valence-corrected chi connectivity index (χ3v) is 6.69. The average Bonchev–Trinajstić information content (AvgIpc) is 3.62. The van der Waals surface area contributed by atoms with Crippen molar-refractivity contribution >= 4 is 40.6 Å². The largest absolute Gasteiger partial charge is 0.480 e. The molecule has 0 aliphatic heterocycles. The van der Waals surface area contributed by atoms with Crippen molar-refractivity contribution in [1.82, 2.24) is 30.9 Å². The highest BCUT2D eigenvalue weighted by molar-refractivity contribution is 5.94. The van der Waals surface area contributed by atoms with Gasteiger partial charge in [0, 0.05) is 42.0 Å². The number of carbonyl (C=O) groups is 4. The van der Waals surface area contributed by atoms with Crippen LogP contribution in [-0.4, -0.2) is 91.6 Å². The van der Waals surface area contributed by atoms with Crippen molar-refractivity contribution in [3.05, 3.63) is 54.2 Å². The van der Waals surface area contributed by atoms with Crippen LogP contribution in [0.3, 0.4) is 0 Å². The Morgan fingerprint density at radius 2 is 1.72 bits per heavy atom. The maximum atomic E-state index is 13.3. The number of nitrogens with zero attached hydrogens (tertiary/aromatic N) is 2. The number of carboxylic acids is 1. The summed E-state index contributed by atoms with van der Waals surface area (Å²) in [5.74, 6) is -3.79. The summed E-state index contributed by atoms with van der Waals surface area (Å²) in [4.78, 5) is 64.9. The zero-order valence-electron chi connectivity index (χ0n) is 23.6. The van der Waals surface area contributed by atoms with Gasteiger partial charge in [0.05, 0.1) is 18.5 Å². The van der Waals surface area contributed by atoms with Gasteiger partial charge in [0.1, 0.15) is 18.1 Å². The lowest BCUT2D eigenvalue weighted by Crippen LogP contribution is -2.60. The number of nitrogens with one attached hydrogen (secondary N) is 5. The van der Waals surface area contributed by atoms with Crippen LogP contribution in [0.1, 0.15) is 31.0 Å². The summed E-state index contributed by atoms with van der Waals surface area (Å²) in [6, 6.07) is 2.42. The second-order valence-corrected chi connectivity index (χ2v) is 10.1. The molecule has 16 heteroatoms. The minimum Gasteiger partial charge on any atom is -0.480 e. The number of H-pyrrole nitrogens is 2. The molecule has 5 atom stereocenters. The van der Waals surface area contributed by atoms with Crippen LogP contribution in [0.5, 0.6) is 0 Å². The molecule has 3 amide bonds. The zero-order valence-corrected chi connectivity index (χ0v) is 23.6. The van der Waals surface area contributed by atoms with E-state index in [1.54, 1.807) is 6.20 Å². The SMILES string of the molecule is CC(O)C(NC(=O)C(N)Cc1c[nH]c2ccccc12)C(=O)NC(Cc1cnc[nH]1)C(=O)NC(CCCN=C(N)N)C(=O)O. The fraction of sp³-hybridized carbons (Fsp3) is 0.407. The van der Waals surface area contributed by atoms with E-state index in [4.69, 9.17) is 17.2 Å². The Labute approximate surface area is 246 Å². The van der Waals surface area contributed by atoms with E-state index in [1.165, 1.54) is 19.4 Å². The number of aliphatic imine (C=N–C) groups is 1. The number of aromatic amines is 2. The van der Waals surface area contributed by atoms with Crippen LogP contribution in [0, 0.1) is 0 Å². The predicted molar refractivity (Wildman–Crippen MR) is 157 cm³/mol. The number of fused-ring (bicyclic) bond motifs is 1. The molecule has 16 nitrogen and oxygen atoms in total. The monoisotopic (exact) mass is 598 g/mol. The van der Waals surface area contributed by atoms with Crippen LogP contribution in [0.4, 0.5) is 0 Å². The van der Waals surface area contributed by atoms with Crippen LogP contribution in [0.2, 0.25) is 0 Å². The van der Waals surface area contributed by atoms with E-state index in [1.807, 2.05) is 24.3 Å². The highest BCUT2D eigenvalue weighted by atomic mass is 16.4. The van der Waals surface area contributed by atoms with Gasteiger partial charge in [0.15, 0.2) is 5.96 Å². The first-order valence-electron chi connectivity index (χ1n) is 13.6. The number of aromatic nitrogens is 3. The number of rotatable bonds is 16. The third-order valence-electron chi connectivity index (χ3n) is 6.69. The molecule has 0 radical (unpaired) electrons. The molecule has 2 aromatic heterocycles. The van der Waals surface area contributed by atoms with Crippen molar-refractivity contribution in [1.29, 1.82) is 0 Å². The van der Waals surface area contributed by atoms with Crippen LogP contribution in [0.25, 0.3) is 10.9 Å². The molecule has 0 bridgehead atoms. The second-order valence-electron chi connectivity index (χ2n) is 10.1. The molecular formula is C27H38N10O6. The van der Waals surface area contributed by atoms with Gasteiger partial charge >= 0.3 is 5.97 Å². The molecule has 2 heterocycles. The molecule has 3 rings (SSSR count). The van der Waals surface area contributed by atoms with Crippen LogP contribution >= 0.6 is 0 Å². The van der Waals surface area contributed by atoms with Gasteiger partial charge in [-0.05, 0) is 37.8 Å². The lowest BCUT2D eigenvalue weighted by atomic mass is 10.0. The lowest BCUT2D eigenvalue weighted by Gasteiger charge is -2.26. The van der Waals surface area contributed by atoms with Crippen LogP contribution in [-0.2, 0) is 32.0 Å². The Kier molecular flexibility index (Phi) is 11.6. The fourth-order valence-electron chi connectivity index (χ4n) is 4.42. The Morgan fingerprint density at radius 3 is 2.37 bits per heavy atom. The van der Waals surface area contributed by atoms with Gasteiger partial charge in [-0.25, -0.2) is 9.78 Å². The van der Waals surface area contributed by atoms with Crippen molar-refractivity contribution in [2.75, 3.05) is 6.54 Å². The van der Waals surface area contributed by atoms with E-state index >= 15 is 0 Å². The lowest BCUT2D eigenvalue weighted by molar-refractivity contribution is -0.142. The molecule has 0 saturated carbocycles. The number of hydrogen-bond acceptors (Lipinski definition) is 8. The van der Waals surface area contributed by atoms with E-state index in [-0.39, 0.29) is 38.2 Å². The van der Waals surface area contributed by atoms with Gasteiger partial charge < -0.3 is 53.3 Å². The predicted octanol–water partition coefficient (Wildman–Crippen LogP) is -2.02. The smallest absolute Gasteiger partial charge is 0.326 e. The summed E-state index contributed by atoms with van der Waals surface area (Å²) < 4.78 is 0. The number of aliphatic hydroxyl groups excluding tert-OH is 1. The maximum absolute atomic E-state index is 13.3. The van der Waals surface area contributed by atoms with E-state index in [0.29, 0.717) is 5.69 Å². The molecule has 232 valence electrons. The summed E-state index contributed by atoms with van der Waals surface area (Å²) >= 11 is 0. The van der Waals surface area contributed by atoms with Crippen molar-refractivity contribution in [2.24, 2.45) is 22.2 Å². The van der Waals surface area contributed by atoms with Crippen molar-refractivity contribution in [3.63, 3.8) is 0 Å². The first-order valence-corrected chi connectivity index (χ1v) is 13.6. The van der Waals surface area contributed by atoms with Crippen LogP contribution in [0.15, 0.2) is 48.0 Å². The molecule has 0 aliphatic carbocycles. The third kappa shape index (κ3) is 9.54. The van der Waals surface area contributed by atoms with Gasteiger partial charge in [0.2, 0.25) is 17.7 Å². The number of carboxylic acid groups (broad SMARTS) is 1. The summed E-state index contributed by atoms with van der Waals surface area (Å²) in [5, 5.41) is 28.3. The number of imidazole rings is 1. The Balaban J connectivity index is 1.69. The number of aliphatic hydroxyl groups is 1. The van der Waals surface area contributed by atoms with Crippen molar-refractivity contribution in [3.8, 4) is 0 Å². The van der Waals surface area contributed by atoms with E-state index in [9.17, 15) is 29.4 Å². The summed E-state index contributed by atoms with van der Waals surface area (Å²) in [7, 11) is 0. The number of hydrogen-bond donors (Lipinski definition) is 10. The Morgan fingerprint density at radius 1 is 1.00 bits per heavy atom. The molecule has 0 fully saturated rings. The van der Waals surface area contributed by atoms with E-state index < -0.39 is 54.0 Å². The standard InChI is InChI=1S/C27H38N10O6/c1-14(38)22(37-23(39)18(28)9-15-11-33-19-6-3-2-5-17(15)19)25(41)36-21(10-16-12-31-13-34-16)24(40)35-20(26(42)43)7-4-8-32-27(29)30/h2-3,5-6,11-14,18,20-22,33,38H,4,7-10,28H2,1H3,(H,31,34)(H,35,40)(H,36,41)(H,37,39)(H,42,43)(H4,29,30,32). The van der Waals surface area contributed by atoms with Gasteiger partial charge in [-0.15, -0.1) is 0 Å². The molecule has 13 N–H and O–H groups in total. The number of carbonyl (C=O) groups excluding carboxylic acids is 3. The quantitative estimate of drug-likeness (QED) is 0.0490. The fourth-order valence-corrected chi connectivity index (χ4v) is 4.42. The first-order chi connectivity index (χ1) is 20.5. The zero-order chi connectivity index (χ0) is 31.5. The Hall–Kier alpha value is -4.96.